The van der Waals surface area contributed by atoms with Crippen molar-refractivity contribution in [2.45, 2.75) is 60.4 Å². The van der Waals surface area contributed by atoms with Gasteiger partial charge in [-0.2, -0.15) is 0 Å². The Kier molecular flexibility index (Phi) is 7.53. The van der Waals surface area contributed by atoms with E-state index in [1.165, 1.54) is 0 Å². The second kappa shape index (κ2) is 7.78. The maximum absolute atomic E-state index is 12.3. The molecule has 0 rings (SSSR count). The number of amides is 1. The lowest BCUT2D eigenvalue weighted by Gasteiger charge is -2.39. The normalized spacial score (nSPS) is 13.8. The minimum atomic E-state index is 0.0890. The highest BCUT2D eigenvalue weighted by molar-refractivity contribution is 5.78. The van der Waals surface area contributed by atoms with Crippen LogP contribution in [0.15, 0.2) is 0 Å². The third-order valence-electron chi connectivity index (χ3n) is 3.92. The molecule has 0 N–H and O–H groups in total. The van der Waals surface area contributed by atoms with Crippen LogP contribution in [0.4, 0.5) is 0 Å². The molecule has 0 aromatic heterocycles. The van der Waals surface area contributed by atoms with Crippen LogP contribution in [-0.4, -0.2) is 47.4 Å². The van der Waals surface area contributed by atoms with Crippen LogP contribution in [0.5, 0.6) is 0 Å². The van der Waals surface area contributed by atoms with Crippen LogP contribution in [0, 0.1) is 5.92 Å². The molecule has 1 amide bonds. The second-order valence-electron chi connectivity index (χ2n) is 5.60. The fourth-order valence-electron chi connectivity index (χ4n) is 2.89. The Balaban J connectivity index is 4.63. The fraction of sp³-hybridized carbons (Fsp3) is 0.933. The van der Waals surface area contributed by atoms with E-state index in [4.69, 9.17) is 0 Å². The van der Waals surface area contributed by atoms with E-state index in [0.29, 0.717) is 5.91 Å². The molecule has 0 aliphatic rings. The van der Waals surface area contributed by atoms with Gasteiger partial charge in [-0.25, -0.2) is 0 Å². The lowest BCUT2D eigenvalue weighted by molar-refractivity contribution is -0.135. The van der Waals surface area contributed by atoms with Crippen molar-refractivity contribution in [2.24, 2.45) is 5.92 Å². The first-order valence-electron chi connectivity index (χ1n) is 7.37. The Morgan fingerprint density at radius 2 is 1.44 bits per heavy atom. The van der Waals surface area contributed by atoms with E-state index in [9.17, 15) is 4.79 Å². The second-order valence-corrected chi connectivity index (χ2v) is 5.60. The molecule has 0 aromatic rings. The maximum atomic E-state index is 12.3. The Bertz CT molecular complexity index is 243. The van der Waals surface area contributed by atoms with E-state index in [1.807, 2.05) is 18.7 Å². The van der Waals surface area contributed by atoms with E-state index in [-0.39, 0.29) is 11.5 Å². The molecule has 0 aromatic carbocycles. The minimum Gasteiger partial charge on any atom is -0.343 e. The average Bonchev–Trinajstić information content (AvgIpc) is 2.30. The summed E-state index contributed by atoms with van der Waals surface area (Å²) < 4.78 is 0. The summed E-state index contributed by atoms with van der Waals surface area (Å²) in [5, 5.41) is 0. The van der Waals surface area contributed by atoms with Crippen molar-refractivity contribution in [2.75, 3.05) is 26.2 Å². The van der Waals surface area contributed by atoms with Crippen molar-refractivity contribution in [3.63, 3.8) is 0 Å². The molecular weight excluding hydrogens is 224 g/mol. The zero-order valence-corrected chi connectivity index (χ0v) is 13.4. The van der Waals surface area contributed by atoms with Gasteiger partial charge in [0.2, 0.25) is 5.91 Å². The molecule has 0 bridgehead atoms. The molecule has 0 saturated heterocycles. The summed E-state index contributed by atoms with van der Waals surface area (Å²) in [5.74, 6) is 0.390. The van der Waals surface area contributed by atoms with Crippen LogP contribution >= 0.6 is 0 Å². The van der Waals surface area contributed by atoms with Crippen molar-refractivity contribution in [3.8, 4) is 0 Å². The SMILES string of the molecule is CCN(CC)C(=O)C(C)CC(C)(C)N(CC)CC. The molecule has 1 unspecified atom stereocenters. The van der Waals surface area contributed by atoms with Crippen molar-refractivity contribution >= 4 is 5.91 Å². The Labute approximate surface area is 114 Å². The molecular formula is C15H32N2O. The molecule has 0 spiro atoms. The molecule has 108 valence electrons. The molecule has 18 heavy (non-hydrogen) atoms. The first-order chi connectivity index (χ1) is 8.33. The van der Waals surface area contributed by atoms with Gasteiger partial charge in [-0.15, -0.1) is 0 Å². The molecule has 0 fully saturated rings. The van der Waals surface area contributed by atoms with E-state index >= 15 is 0 Å². The molecule has 1 atom stereocenters. The predicted molar refractivity (Wildman–Crippen MR) is 78.7 cm³/mol. The van der Waals surface area contributed by atoms with Crippen LogP contribution in [0.2, 0.25) is 0 Å². The van der Waals surface area contributed by atoms with Gasteiger partial charge in [0.25, 0.3) is 0 Å². The molecule has 3 heteroatoms. The summed E-state index contributed by atoms with van der Waals surface area (Å²) in [6.45, 7) is 18.7. The number of hydrogen-bond acceptors (Lipinski definition) is 2. The van der Waals surface area contributed by atoms with Gasteiger partial charge >= 0.3 is 0 Å². The zero-order chi connectivity index (χ0) is 14.3. The summed E-state index contributed by atoms with van der Waals surface area (Å²) >= 11 is 0. The molecule has 0 aliphatic carbocycles. The number of hydrogen-bond donors (Lipinski definition) is 0. The summed E-state index contributed by atoms with van der Waals surface area (Å²) in [4.78, 5) is 16.7. The number of carbonyl (C=O) groups excluding carboxylic acids is 1. The first kappa shape index (κ1) is 17.4. The summed E-state index contributed by atoms with van der Waals surface area (Å²) in [5.41, 5.74) is 0.0890. The number of carbonyl (C=O) groups is 1. The molecule has 3 nitrogen and oxygen atoms in total. The van der Waals surface area contributed by atoms with Crippen LogP contribution in [0.25, 0.3) is 0 Å². The lowest BCUT2D eigenvalue weighted by atomic mass is 9.89. The van der Waals surface area contributed by atoms with Crippen molar-refractivity contribution in [3.05, 3.63) is 0 Å². The van der Waals surface area contributed by atoms with E-state index in [1.54, 1.807) is 0 Å². The Morgan fingerprint density at radius 1 is 1.00 bits per heavy atom. The van der Waals surface area contributed by atoms with Gasteiger partial charge < -0.3 is 4.90 Å². The predicted octanol–water partition coefficient (Wildman–Crippen LogP) is 3.00. The highest BCUT2D eigenvalue weighted by atomic mass is 16.2. The van der Waals surface area contributed by atoms with Gasteiger partial charge in [0.1, 0.15) is 0 Å². The standard InChI is InChI=1S/C15H32N2O/c1-8-16(9-2)14(18)13(5)12-15(6,7)17(10-3)11-4/h13H,8-12H2,1-7H3. The van der Waals surface area contributed by atoms with Gasteiger partial charge in [-0.05, 0) is 47.2 Å². The number of rotatable bonds is 8. The minimum absolute atomic E-state index is 0.0890. The van der Waals surface area contributed by atoms with Gasteiger partial charge in [-0.1, -0.05) is 20.8 Å². The summed E-state index contributed by atoms with van der Waals surface area (Å²) in [7, 11) is 0. The fourth-order valence-corrected chi connectivity index (χ4v) is 2.89. The Hall–Kier alpha value is -0.570. The monoisotopic (exact) mass is 256 g/mol. The highest BCUT2D eigenvalue weighted by Crippen LogP contribution is 2.24. The third kappa shape index (κ3) is 4.60. The largest absolute Gasteiger partial charge is 0.343 e. The molecule has 0 saturated carbocycles. The lowest BCUT2D eigenvalue weighted by Crippen LogP contribution is -2.47. The van der Waals surface area contributed by atoms with Gasteiger partial charge in [0.05, 0.1) is 0 Å². The quantitative estimate of drug-likeness (QED) is 0.666. The van der Waals surface area contributed by atoms with Gasteiger partial charge in [0, 0.05) is 24.5 Å². The van der Waals surface area contributed by atoms with Crippen molar-refractivity contribution in [1.29, 1.82) is 0 Å². The third-order valence-corrected chi connectivity index (χ3v) is 3.92. The van der Waals surface area contributed by atoms with Crippen molar-refractivity contribution < 1.29 is 4.79 Å². The molecule has 0 radical (unpaired) electrons. The summed E-state index contributed by atoms with van der Waals surface area (Å²) in [6, 6.07) is 0. The highest BCUT2D eigenvalue weighted by Gasteiger charge is 2.30. The topological polar surface area (TPSA) is 23.6 Å². The first-order valence-corrected chi connectivity index (χ1v) is 7.37. The van der Waals surface area contributed by atoms with Crippen LogP contribution < -0.4 is 0 Å². The smallest absolute Gasteiger partial charge is 0.225 e. The molecule has 0 heterocycles. The van der Waals surface area contributed by atoms with Gasteiger partial charge in [-0.3, -0.25) is 9.69 Å². The van der Waals surface area contributed by atoms with E-state index in [2.05, 4.69) is 39.5 Å². The number of nitrogens with zero attached hydrogens (tertiary/aromatic N) is 2. The van der Waals surface area contributed by atoms with Crippen molar-refractivity contribution in [1.82, 2.24) is 9.80 Å². The molecule has 0 aliphatic heterocycles. The zero-order valence-electron chi connectivity index (χ0n) is 13.4. The van der Waals surface area contributed by atoms with Gasteiger partial charge in [0.15, 0.2) is 0 Å². The van der Waals surface area contributed by atoms with Crippen LogP contribution in [0.3, 0.4) is 0 Å². The Morgan fingerprint density at radius 3 is 1.78 bits per heavy atom. The van der Waals surface area contributed by atoms with Crippen LogP contribution in [0.1, 0.15) is 54.9 Å². The van der Waals surface area contributed by atoms with E-state index < -0.39 is 0 Å². The average molecular weight is 256 g/mol. The maximum Gasteiger partial charge on any atom is 0.225 e. The van der Waals surface area contributed by atoms with Crippen LogP contribution in [-0.2, 0) is 4.79 Å². The van der Waals surface area contributed by atoms with E-state index in [0.717, 1.165) is 32.6 Å². The summed E-state index contributed by atoms with van der Waals surface area (Å²) in [6.07, 6.45) is 0.921.